The first-order valence-electron chi connectivity index (χ1n) is 5.32. The van der Waals surface area contributed by atoms with Gasteiger partial charge in [0.2, 0.25) is 0 Å². The fourth-order valence-corrected chi connectivity index (χ4v) is 1.93. The smallest absolute Gasteiger partial charge is 0.0703 e. The lowest BCUT2D eigenvalue weighted by molar-refractivity contribution is 0.137. The zero-order valence-corrected chi connectivity index (χ0v) is 8.84. The van der Waals surface area contributed by atoms with Gasteiger partial charge < -0.3 is 4.90 Å². The molecule has 0 aromatic carbocycles. The molecule has 2 heteroatoms. The summed E-state index contributed by atoms with van der Waals surface area (Å²) in [4.78, 5) is 2.31. The van der Waals surface area contributed by atoms with E-state index < -0.39 is 0 Å². The van der Waals surface area contributed by atoms with E-state index in [0.29, 0.717) is 0 Å². The zero-order valence-electron chi connectivity index (χ0n) is 8.84. The molecule has 0 aromatic heterocycles. The van der Waals surface area contributed by atoms with Crippen LogP contribution in [0.1, 0.15) is 39.0 Å². The van der Waals surface area contributed by atoms with Crippen molar-refractivity contribution in [1.29, 1.82) is 5.26 Å². The molecule has 1 aliphatic rings. The molecule has 0 N–H and O–H groups in total. The van der Waals surface area contributed by atoms with E-state index in [-0.39, 0.29) is 5.41 Å². The first kappa shape index (κ1) is 10.5. The summed E-state index contributed by atoms with van der Waals surface area (Å²) in [5, 5.41) is 9.03. The van der Waals surface area contributed by atoms with E-state index in [1.165, 1.54) is 19.3 Å². The predicted octanol–water partition coefficient (Wildman–Crippen LogP) is 2.41. The molecule has 0 saturated heterocycles. The van der Waals surface area contributed by atoms with E-state index in [1.54, 1.807) is 0 Å². The Kier molecular flexibility index (Phi) is 3.74. The first-order chi connectivity index (χ1) is 6.22. The average molecular weight is 180 g/mol. The minimum Gasteiger partial charge on any atom is -0.305 e. The van der Waals surface area contributed by atoms with Gasteiger partial charge in [0.1, 0.15) is 0 Å². The van der Waals surface area contributed by atoms with Gasteiger partial charge in [-0.1, -0.05) is 19.8 Å². The molecule has 0 aliphatic heterocycles. The summed E-state index contributed by atoms with van der Waals surface area (Å²) in [5.74, 6) is 0. The molecule has 74 valence electrons. The van der Waals surface area contributed by atoms with Gasteiger partial charge in [0, 0.05) is 6.54 Å². The zero-order chi connectivity index (χ0) is 9.73. The van der Waals surface area contributed by atoms with Crippen molar-refractivity contribution in [2.24, 2.45) is 5.41 Å². The summed E-state index contributed by atoms with van der Waals surface area (Å²) in [6, 6.07) is 2.48. The fraction of sp³-hybridized carbons (Fsp3) is 0.909. The monoisotopic (exact) mass is 180 g/mol. The van der Waals surface area contributed by atoms with Gasteiger partial charge >= 0.3 is 0 Å². The molecule has 13 heavy (non-hydrogen) atoms. The van der Waals surface area contributed by atoms with Crippen molar-refractivity contribution in [3.63, 3.8) is 0 Å². The van der Waals surface area contributed by atoms with E-state index in [9.17, 15) is 0 Å². The third-order valence-electron chi connectivity index (χ3n) is 3.01. The highest BCUT2D eigenvalue weighted by Gasteiger charge is 2.37. The summed E-state index contributed by atoms with van der Waals surface area (Å²) < 4.78 is 0. The van der Waals surface area contributed by atoms with Crippen LogP contribution in [0, 0.1) is 16.7 Å². The molecule has 1 saturated carbocycles. The van der Waals surface area contributed by atoms with E-state index in [2.05, 4.69) is 24.9 Å². The Hall–Kier alpha value is -0.550. The van der Waals surface area contributed by atoms with E-state index in [4.69, 9.17) is 5.26 Å². The van der Waals surface area contributed by atoms with Crippen LogP contribution in [0.5, 0.6) is 0 Å². The lowest BCUT2D eigenvalue weighted by Crippen LogP contribution is -2.40. The van der Waals surface area contributed by atoms with Crippen LogP contribution in [0.15, 0.2) is 0 Å². The molecule has 0 amide bonds. The number of nitriles is 1. The second-order valence-electron chi connectivity index (χ2n) is 4.34. The SMILES string of the molecule is CCCCN(C)CC1(C#N)CCC1. The van der Waals surface area contributed by atoms with Crippen LogP contribution in [-0.2, 0) is 0 Å². The van der Waals surface area contributed by atoms with Crippen molar-refractivity contribution in [3.05, 3.63) is 0 Å². The Balaban J connectivity index is 2.26. The summed E-state index contributed by atoms with van der Waals surface area (Å²) in [6.45, 7) is 4.32. The number of hydrogen-bond donors (Lipinski definition) is 0. The maximum atomic E-state index is 9.03. The second-order valence-corrected chi connectivity index (χ2v) is 4.34. The fourth-order valence-electron chi connectivity index (χ4n) is 1.93. The Morgan fingerprint density at radius 3 is 2.54 bits per heavy atom. The molecule has 0 heterocycles. The molecule has 1 rings (SSSR count). The van der Waals surface area contributed by atoms with Crippen molar-refractivity contribution in [1.82, 2.24) is 4.90 Å². The Morgan fingerprint density at radius 2 is 2.15 bits per heavy atom. The topological polar surface area (TPSA) is 27.0 Å². The van der Waals surface area contributed by atoms with Gasteiger partial charge in [0.25, 0.3) is 0 Å². The third-order valence-corrected chi connectivity index (χ3v) is 3.01. The lowest BCUT2D eigenvalue weighted by Gasteiger charge is -2.38. The summed E-state index contributed by atoms with van der Waals surface area (Å²) in [7, 11) is 2.13. The highest BCUT2D eigenvalue weighted by Crippen LogP contribution is 2.40. The number of hydrogen-bond acceptors (Lipinski definition) is 2. The maximum Gasteiger partial charge on any atom is 0.0703 e. The molecular weight excluding hydrogens is 160 g/mol. The Morgan fingerprint density at radius 1 is 1.46 bits per heavy atom. The molecule has 0 atom stereocenters. The molecule has 1 aliphatic carbocycles. The highest BCUT2D eigenvalue weighted by atomic mass is 15.1. The largest absolute Gasteiger partial charge is 0.305 e. The van der Waals surface area contributed by atoms with Crippen molar-refractivity contribution >= 4 is 0 Å². The summed E-state index contributed by atoms with van der Waals surface area (Å²) in [5.41, 5.74) is 0.0164. The summed E-state index contributed by atoms with van der Waals surface area (Å²) >= 11 is 0. The molecule has 0 aromatic rings. The van der Waals surface area contributed by atoms with E-state index in [0.717, 1.165) is 25.9 Å². The molecule has 0 bridgehead atoms. The van der Waals surface area contributed by atoms with Gasteiger partial charge in [-0.05, 0) is 32.9 Å². The van der Waals surface area contributed by atoms with Gasteiger partial charge in [-0.3, -0.25) is 0 Å². The number of rotatable bonds is 5. The van der Waals surface area contributed by atoms with Crippen LogP contribution in [-0.4, -0.2) is 25.0 Å². The van der Waals surface area contributed by atoms with Crippen molar-refractivity contribution in [3.8, 4) is 6.07 Å². The van der Waals surface area contributed by atoms with Gasteiger partial charge in [-0.25, -0.2) is 0 Å². The maximum absolute atomic E-state index is 9.03. The molecule has 0 spiro atoms. The number of unbranched alkanes of at least 4 members (excludes halogenated alkanes) is 1. The van der Waals surface area contributed by atoms with Gasteiger partial charge in [0.15, 0.2) is 0 Å². The highest BCUT2D eigenvalue weighted by molar-refractivity contribution is 5.05. The minimum atomic E-state index is 0.0164. The quantitative estimate of drug-likeness (QED) is 0.649. The first-order valence-corrected chi connectivity index (χ1v) is 5.32. The Bertz CT molecular complexity index is 189. The van der Waals surface area contributed by atoms with E-state index in [1.807, 2.05) is 0 Å². The minimum absolute atomic E-state index is 0.0164. The van der Waals surface area contributed by atoms with Gasteiger partial charge in [0.05, 0.1) is 11.5 Å². The molecule has 0 unspecified atom stereocenters. The summed E-state index contributed by atoms with van der Waals surface area (Å²) in [6.07, 6.45) is 5.96. The molecule has 1 fully saturated rings. The van der Waals surface area contributed by atoms with Crippen molar-refractivity contribution in [2.45, 2.75) is 39.0 Å². The molecule has 0 radical (unpaired) electrons. The van der Waals surface area contributed by atoms with Gasteiger partial charge in [-0.15, -0.1) is 0 Å². The van der Waals surface area contributed by atoms with Crippen molar-refractivity contribution < 1.29 is 0 Å². The lowest BCUT2D eigenvalue weighted by atomic mass is 9.69. The number of nitrogens with zero attached hydrogens (tertiary/aromatic N) is 2. The van der Waals surface area contributed by atoms with Crippen LogP contribution >= 0.6 is 0 Å². The van der Waals surface area contributed by atoms with Crippen LogP contribution in [0.3, 0.4) is 0 Å². The standard InChI is InChI=1S/C11H20N2/c1-3-4-8-13(2)10-11(9-12)6-5-7-11/h3-8,10H2,1-2H3. The molecule has 2 nitrogen and oxygen atoms in total. The van der Waals surface area contributed by atoms with E-state index >= 15 is 0 Å². The normalized spacial score (nSPS) is 19.5. The molecular formula is C11H20N2. The van der Waals surface area contributed by atoms with Gasteiger partial charge in [-0.2, -0.15) is 5.26 Å². The average Bonchev–Trinajstić information content (AvgIpc) is 2.08. The third kappa shape index (κ3) is 2.70. The Labute approximate surface area is 81.5 Å². The predicted molar refractivity (Wildman–Crippen MR) is 54.3 cm³/mol. The van der Waals surface area contributed by atoms with Crippen molar-refractivity contribution in [2.75, 3.05) is 20.1 Å². The van der Waals surface area contributed by atoms with Crippen LogP contribution in [0.25, 0.3) is 0 Å². The van der Waals surface area contributed by atoms with Crippen LogP contribution < -0.4 is 0 Å². The second kappa shape index (κ2) is 4.62. The van der Waals surface area contributed by atoms with Crippen LogP contribution in [0.4, 0.5) is 0 Å². The van der Waals surface area contributed by atoms with Crippen LogP contribution in [0.2, 0.25) is 0 Å².